The Morgan fingerprint density at radius 1 is 1.25 bits per heavy atom. The largest absolute Gasteiger partial charge is 0.348 e. The van der Waals surface area contributed by atoms with Crippen LogP contribution in [0.15, 0.2) is 5.38 Å². The number of nitrogens with two attached hydrogens (primary N) is 1. The second-order valence-corrected chi connectivity index (χ2v) is 7.58. The number of amides is 2. The summed E-state index contributed by atoms with van der Waals surface area (Å²) in [6.45, 7) is 10.3. The highest BCUT2D eigenvalue weighted by Crippen LogP contribution is 2.23. The topological polar surface area (TPSA) is 97.1 Å². The molecule has 0 saturated heterocycles. The molecule has 6 nitrogen and oxygen atoms in total. The Bertz CT molecular complexity index is 530. The molecule has 1 rings (SSSR count). The van der Waals surface area contributed by atoms with Gasteiger partial charge in [-0.25, -0.2) is 4.98 Å². The molecule has 1 aromatic rings. The molecule has 9 heteroatoms. The summed E-state index contributed by atoms with van der Waals surface area (Å²) in [6, 6.07) is -0.596. The van der Waals surface area contributed by atoms with Gasteiger partial charge >= 0.3 is 0 Å². The first-order valence-corrected chi connectivity index (χ1v) is 8.24. The van der Waals surface area contributed by atoms with Crippen LogP contribution in [0.1, 0.15) is 45.3 Å². The fraction of sp³-hybridized carbons (Fsp3) is 0.667. The maximum absolute atomic E-state index is 11.7. The van der Waals surface area contributed by atoms with Gasteiger partial charge in [0.15, 0.2) is 0 Å². The van der Waals surface area contributed by atoms with Crippen LogP contribution in [0.2, 0.25) is 0 Å². The summed E-state index contributed by atoms with van der Waals surface area (Å²) in [5.41, 5.74) is 6.71. The lowest BCUT2D eigenvalue weighted by molar-refractivity contribution is -0.127. The molecule has 1 aromatic heterocycles. The zero-order valence-electron chi connectivity index (χ0n) is 14.7. The number of carbonyl (C=O) groups is 2. The highest BCUT2D eigenvalue weighted by molar-refractivity contribution is 7.09. The molecule has 0 aliphatic heterocycles. The molecule has 4 N–H and O–H groups in total. The van der Waals surface area contributed by atoms with Crippen molar-refractivity contribution in [3.05, 3.63) is 16.1 Å². The fourth-order valence-electron chi connectivity index (χ4n) is 1.56. The quantitative estimate of drug-likeness (QED) is 0.682. The predicted molar refractivity (Wildman–Crippen MR) is 103 cm³/mol. The molecule has 0 unspecified atom stereocenters. The van der Waals surface area contributed by atoms with Crippen molar-refractivity contribution in [1.82, 2.24) is 15.6 Å². The van der Waals surface area contributed by atoms with Crippen LogP contribution < -0.4 is 16.4 Å². The van der Waals surface area contributed by atoms with Crippen molar-refractivity contribution < 1.29 is 9.59 Å². The standard InChI is InChI=1S/C15H26N4O2S.2ClH/c1-9(2)13(16)14(21)18-6-11(20)17-7-12-19-10(8-22-12)15(3,4)5;;/h8-9,13H,6-7,16H2,1-5H3,(H,17,20)(H,18,21);2*1H/t13-;;/m0../s1. The van der Waals surface area contributed by atoms with Crippen molar-refractivity contribution in [3.8, 4) is 0 Å². The van der Waals surface area contributed by atoms with Crippen LogP contribution in [0.3, 0.4) is 0 Å². The van der Waals surface area contributed by atoms with E-state index in [-0.39, 0.29) is 54.5 Å². The first-order valence-electron chi connectivity index (χ1n) is 7.36. The highest BCUT2D eigenvalue weighted by atomic mass is 35.5. The van der Waals surface area contributed by atoms with Gasteiger partial charge in [-0.15, -0.1) is 36.2 Å². The number of thiazole rings is 1. The molecule has 0 bridgehead atoms. The van der Waals surface area contributed by atoms with E-state index in [1.54, 1.807) is 0 Å². The molecule has 1 heterocycles. The lowest BCUT2D eigenvalue weighted by Crippen LogP contribution is -2.47. The van der Waals surface area contributed by atoms with Gasteiger partial charge in [-0.05, 0) is 5.92 Å². The Hall–Kier alpha value is -0.890. The summed E-state index contributed by atoms with van der Waals surface area (Å²) in [4.78, 5) is 27.9. The fourth-order valence-corrected chi connectivity index (χ4v) is 2.52. The SMILES string of the molecule is CC(C)[C@H](N)C(=O)NCC(=O)NCc1nc(C(C)(C)C)cs1.Cl.Cl. The van der Waals surface area contributed by atoms with Crippen molar-refractivity contribution in [3.63, 3.8) is 0 Å². The number of rotatable bonds is 6. The van der Waals surface area contributed by atoms with Crippen molar-refractivity contribution >= 4 is 48.0 Å². The molecule has 0 saturated carbocycles. The average Bonchev–Trinajstić information content (AvgIpc) is 2.90. The van der Waals surface area contributed by atoms with Gasteiger partial charge in [0, 0.05) is 10.8 Å². The third-order valence-electron chi connectivity index (χ3n) is 3.20. The first-order chi connectivity index (χ1) is 10.1. The molecule has 24 heavy (non-hydrogen) atoms. The maximum Gasteiger partial charge on any atom is 0.239 e. The highest BCUT2D eigenvalue weighted by Gasteiger charge is 2.19. The molecule has 1 atom stereocenters. The number of nitrogens with zero attached hydrogens (tertiary/aromatic N) is 1. The van der Waals surface area contributed by atoms with Crippen molar-refractivity contribution in [2.75, 3.05) is 6.54 Å². The number of nitrogens with one attached hydrogen (secondary N) is 2. The molecular weight excluding hydrogens is 371 g/mol. The van der Waals surface area contributed by atoms with E-state index < -0.39 is 6.04 Å². The maximum atomic E-state index is 11.7. The summed E-state index contributed by atoms with van der Waals surface area (Å²) in [5.74, 6) is -0.527. The Morgan fingerprint density at radius 3 is 2.29 bits per heavy atom. The minimum atomic E-state index is -0.596. The van der Waals surface area contributed by atoms with Gasteiger partial charge in [0.25, 0.3) is 0 Å². The molecular formula is C15H28Cl2N4O2S. The van der Waals surface area contributed by atoms with E-state index in [4.69, 9.17) is 5.73 Å². The third kappa shape index (κ3) is 8.28. The molecule has 140 valence electrons. The summed E-state index contributed by atoms with van der Waals surface area (Å²) >= 11 is 1.52. The number of aromatic nitrogens is 1. The zero-order chi connectivity index (χ0) is 16.9. The van der Waals surface area contributed by atoms with E-state index in [9.17, 15) is 9.59 Å². The van der Waals surface area contributed by atoms with Crippen LogP contribution in [0, 0.1) is 5.92 Å². The van der Waals surface area contributed by atoms with E-state index in [0.717, 1.165) is 10.7 Å². The van der Waals surface area contributed by atoms with E-state index in [2.05, 4.69) is 36.4 Å². The zero-order valence-corrected chi connectivity index (χ0v) is 17.2. The van der Waals surface area contributed by atoms with Crippen LogP contribution in [-0.4, -0.2) is 29.4 Å². The summed E-state index contributed by atoms with van der Waals surface area (Å²) in [7, 11) is 0. The lowest BCUT2D eigenvalue weighted by atomic mass is 9.93. The molecule has 0 radical (unpaired) electrons. The molecule has 0 aliphatic rings. The Kier molecular flexibility index (Phi) is 11.5. The van der Waals surface area contributed by atoms with Gasteiger partial charge in [0.1, 0.15) is 5.01 Å². The van der Waals surface area contributed by atoms with Gasteiger partial charge in [-0.2, -0.15) is 0 Å². The lowest BCUT2D eigenvalue weighted by Gasteiger charge is -2.15. The van der Waals surface area contributed by atoms with Crippen molar-refractivity contribution in [2.24, 2.45) is 11.7 Å². The Labute approximate surface area is 160 Å². The first kappa shape index (κ1) is 25.4. The molecule has 2 amide bonds. The van der Waals surface area contributed by atoms with Crippen LogP contribution in [0.25, 0.3) is 0 Å². The van der Waals surface area contributed by atoms with E-state index >= 15 is 0 Å². The minimum absolute atomic E-state index is 0. The average molecular weight is 399 g/mol. The van der Waals surface area contributed by atoms with E-state index in [1.807, 2.05) is 19.2 Å². The van der Waals surface area contributed by atoms with Crippen LogP contribution in [0.5, 0.6) is 0 Å². The van der Waals surface area contributed by atoms with Gasteiger partial charge in [0.05, 0.1) is 24.8 Å². The van der Waals surface area contributed by atoms with E-state index in [1.165, 1.54) is 11.3 Å². The normalized spacial score (nSPS) is 12.0. The number of halogens is 2. The van der Waals surface area contributed by atoms with Crippen molar-refractivity contribution in [1.29, 1.82) is 0 Å². The molecule has 0 spiro atoms. The van der Waals surface area contributed by atoms with E-state index in [0.29, 0.717) is 6.54 Å². The predicted octanol–water partition coefficient (Wildman–Crippen LogP) is 2.00. The van der Waals surface area contributed by atoms with Crippen molar-refractivity contribution in [2.45, 2.75) is 52.6 Å². The second-order valence-electron chi connectivity index (χ2n) is 6.64. The number of carbonyl (C=O) groups excluding carboxylic acids is 2. The summed E-state index contributed by atoms with van der Waals surface area (Å²) in [5, 5.41) is 8.13. The van der Waals surface area contributed by atoms with Gasteiger partial charge in [0.2, 0.25) is 11.8 Å². The Morgan fingerprint density at radius 2 is 1.83 bits per heavy atom. The van der Waals surface area contributed by atoms with Gasteiger partial charge in [-0.3, -0.25) is 9.59 Å². The number of hydrogen-bond donors (Lipinski definition) is 3. The van der Waals surface area contributed by atoms with Crippen LogP contribution >= 0.6 is 36.2 Å². The van der Waals surface area contributed by atoms with Gasteiger partial charge in [-0.1, -0.05) is 34.6 Å². The summed E-state index contributed by atoms with van der Waals surface area (Å²) in [6.07, 6.45) is 0. The molecule has 0 aromatic carbocycles. The minimum Gasteiger partial charge on any atom is -0.348 e. The Balaban J connectivity index is 0. The van der Waals surface area contributed by atoms with Crippen LogP contribution in [-0.2, 0) is 21.5 Å². The van der Waals surface area contributed by atoms with Gasteiger partial charge < -0.3 is 16.4 Å². The second kappa shape index (κ2) is 10.9. The molecule has 0 fully saturated rings. The monoisotopic (exact) mass is 398 g/mol. The number of hydrogen-bond acceptors (Lipinski definition) is 5. The third-order valence-corrected chi connectivity index (χ3v) is 4.05. The summed E-state index contributed by atoms with van der Waals surface area (Å²) < 4.78 is 0. The molecule has 0 aliphatic carbocycles. The smallest absolute Gasteiger partial charge is 0.239 e. The van der Waals surface area contributed by atoms with Crippen LogP contribution in [0.4, 0.5) is 0 Å².